The quantitative estimate of drug-likeness (QED) is 0.471. The van der Waals surface area contributed by atoms with E-state index in [0.29, 0.717) is 13.0 Å². The van der Waals surface area contributed by atoms with E-state index in [4.69, 9.17) is 5.11 Å². The van der Waals surface area contributed by atoms with Gasteiger partial charge in [-0.3, -0.25) is 0 Å². The fourth-order valence-electron chi connectivity index (χ4n) is 0.995. The Morgan fingerprint density at radius 1 is 1.69 bits per heavy atom. The number of aliphatic hydroxyl groups excluding tert-OH is 1. The molecular formula is C6H11N3O4. The highest BCUT2D eigenvalue weighted by molar-refractivity contribution is 5.67. The summed E-state index contributed by atoms with van der Waals surface area (Å²) >= 11 is 0. The summed E-state index contributed by atoms with van der Waals surface area (Å²) in [6.45, 7) is 0.0918. The molecule has 0 aromatic rings. The molecule has 1 aliphatic heterocycles. The second-order valence-corrected chi connectivity index (χ2v) is 2.62. The standard InChI is InChI=1S/C6H11N3O4/c10-5-2-1-3-9(5)7-8-13-4-6(11)12/h5,10H,1-4H2,(H,11,12). The first-order chi connectivity index (χ1) is 6.20. The van der Waals surface area contributed by atoms with Crippen LogP contribution in [-0.2, 0) is 9.63 Å². The molecule has 2 N–H and O–H groups in total. The lowest BCUT2D eigenvalue weighted by Gasteiger charge is -2.12. The molecule has 1 saturated heterocycles. The van der Waals surface area contributed by atoms with Gasteiger partial charge in [-0.2, -0.15) is 0 Å². The van der Waals surface area contributed by atoms with Gasteiger partial charge < -0.3 is 15.1 Å². The van der Waals surface area contributed by atoms with Crippen LogP contribution in [0.5, 0.6) is 0 Å². The van der Waals surface area contributed by atoms with E-state index in [1.54, 1.807) is 0 Å². The van der Waals surface area contributed by atoms with E-state index in [-0.39, 0.29) is 0 Å². The van der Waals surface area contributed by atoms with Crippen LogP contribution >= 0.6 is 0 Å². The SMILES string of the molecule is O=C(O)CON=NN1CCCC1O. The van der Waals surface area contributed by atoms with Gasteiger partial charge in [0.1, 0.15) is 6.23 Å². The van der Waals surface area contributed by atoms with Crippen molar-refractivity contribution >= 4 is 5.97 Å². The number of rotatable bonds is 4. The van der Waals surface area contributed by atoms with Crippen molar-refractivity contribution in [2.45, 2.75) is 19.1 Å². The van der Waals surface area contributed by atoms with E-state index in [0.717, 1.165) is 6.42 Å². The highest BCUT2D eigenvalue weighted by Crippen LogP contribution is 2.14. The molecule has 0 amide bonds. The third kappa shape index (κ3) is 3.24. The van der Waals surface area contributed by atoms with Gasteiger partial charge in [0, 0.05) is 11.8 Å². The van der Waals surface area contributed by atoms with Crippen LogP contribution in [0, 0.1) is 0 Å². The van der Waals surface area contributed by atoms with Crippen molar-refractivity contribution in [1.82, 2.24) is 5.01 Å². The first kappa shape index (κ1) is 9.72. The van der Waals surface area contributed by atoms with Crippen molar-refractivity contribution in [2.75, 3.05) is 13.2 Å². The summed E-state index contributed by atoms with van der Waals surface area (Å²) < 4.78 is 0. The highest BCUT2D eigenvalue weighted by atomic mass is 16.7. The van der Waals surface area contributed by atoms with Crippen molar-refractivity contribution in [3.63, 3.8) is 0 Å². The molecule has 1 aliphatic rings. The zero-order valence-electron chi connectivity index (χ0n) is 6.96. The van der Waals surface area contributed by atoms with E-state index < -0.39 is 18.8 Å². The molecule has 1 atom stereocenters. The number of nitrogens with zero attached hydrogens (tertiary/aromatic N) is 3. The molecule has 7 nitrogen and oxygen atoms in total. The smallest absolute Gasteiger partial charge is 0.344 e. The van der Waals surface area contributed by atoms with E-state index in [9.17, 15) is 9.90 Å². The normalized spacial score (nSPS) is 22.5. The lowest BCUT2D eigenvalue weighted by molar-refractivity contribution is -0.142. The average Bonchev–Trinajstić information content (AvgIpc) is 2.45. The van der Waals surface area contributed by atoms with Gasteiger partial charge in [0.05, 0.1) is 0 Å². The molecule has 74 valence electrons. The number of aliphatic carboxylic acids is 1. The van der Waals surface area contributed by atoms with Gasteiger partial charge in [-0.25, -0.2) is 9.80 Å². The first-order valence-corrected chi connectivity index (χ1v) is 3.89. The van der Waals surface area contributed by atoms with Crippen LogP contribution in [-0.4, -0.2) is 40.6 Å². The number of carboxylic acid groups (broad SMARTS) is 1. The molecule has 13 heavy (non-hydrogen) atoms. The Balaban J connectivity index is 2.19. The van der Waals surface area contributed by atoms with E-state index >= 15 is 0 Å². The Morgan fingerprint density at radius 2 is 2.46 bits per heavy atom. The number of aliphatic hydroxyl groups is 1. The van der Waals surface area contributed by atoms with Crippen LogP contribution in [0.15, 0.2) is 10.5 Å². The maximum atomic E-state index is 9.97. The minimum atomic E-state index is -1.11. The summed E-state index contributed by atoms with van der Waals surface area (Å²) in [5.41, 5.74) is 0. The minimum absolute atomic E-state index is 0.520. The monoisotopic (exact) mass is 189 g/mol. The molecule has 7 heteroatoms. The average molecular weight is 189 g/mol. The van der Waals surface area contributed by atoms with Gasteiger partial charge in [-0.1, -0.05) is 0 Å². The molecule has 1 heterocycles. The van der Waals surface area contributed by atoms with Crippen LogP contribution in [0.4, 0.5) is 0 Å². The summed E-state index contributed by atoms with van der Waals surface area (Å²) in [7, 11) is 0. The third-order valence-corrected chi connectivity index (χ3v) is 1.59. The molecule has 0 aromatic carbocycles. The Hall–Kier alpha value is -1.37. The second kappa shape index (κ2) is 4.61. The lowest BCUT2D eigenvalue weighted by Crippen LogP contribution is -2.22. The van der Waals surface area contributed by atoms with Crippen molar-refractivity contribution in [3.05, 3.63) is 0 Å². The minimum Gasteiger partial charge on any atom is -0.479 e. The largest absolute Gasteiger partial charge is 0.479 e. The number of hydrogen-bond acceptors (Lipinski definition) is 5. The van der Waals surface area contributed by atoms with Crippen molar-refractivity contribution in [1.29, 1.82) is 0 Å². The predicted molar refractivity (Wildman–Crippen MR) is 40.4 cm³/mol. The maximum Gasteiger partial charge on any atom is 0.344 e. The summed E-state index contributed by atoms with van der Waals surface area (Å²) in [4.78, 5) is 14.3. The van der Waals surface area contributed by atoms with Gasteiger partial charge in [0.15, 0.2) is 0 Å². The van der Waals surface area contributed by atoms with Crippen LogP contribution < -0.4 is 0 Å². The molecule has 1 rings (SSSR count). The summed E-state index contributed by atoms with van der Waals surface area (Å²) in [6.07, 6.45) is 0.869. The topological polar surface area (TPSA) is 94.7 Å². The van der Waals surface area contributed by atoms with Crippen molar-refractivity contribution in [3.8, 4) is 0 Å². The molecule has 0 saturated carbocycles. The zero-order chi connectivity index (χ0) is 9.68. The van der Waals surface area contributed by atoms with Gasteiger partial charge in [0.2, 0.25) is 6.61 Å². The van der Waals surface area contributed by atoms with Crippen LogP contribution in [0.3, 0.4) is 0 Å². The third-order valence-electron chi connectivity index (χ3n) is 1.59. The Labute approximate surface area is 74.6 Å². The van der Waals surface area contributed by atoms with E-state index in [2.05, 4.69) is 15.3 Å². The molecule has 1 unspecified atom stereocenters. The van der Waals surface area contributed by atoms with E-state index in [1.165, 1.54) is 5.01 Å². The van der Waals surface area contributed by atoms with E-state index in [1.807, 2.05) is 0 Å². The Kier molecular flexibility index (Phi) is 3.44. The Bertz CT molecular complexity index is 208. The molecule has 0 aromatic heterocycles. The maximum absolute atomic E-state index is 9.97. The summed E-state index contributed by atoms with van der Waals surface area (Å²) in [6, 6.07) is 0. The van der Waals surface area contributed by atoms with Gasteiger partial charge >= 0.3 is 5.97 Å². The highest BCUT2D eigenvalue weighted by Gasteiger charge is 2.20. The van der Waals surface area contributed by atoms with Crippen LogP contribution in [0.25, 0.3) is 0 Å². The molecule has 0 bridgehead atoms. The summed E-state index contributed by atoms with van der Waals surface area (Å²) in [5, 5.41) is 25.4. The molecule has 0 spiro atoms. The van der Waals surface area contributed by atoms with Crippen LogP contribution in [0.2, 0.25) is 0 Å². The second-order valence-electron chi connectivity index (χ2n) is 2.62. The Morgan fingerprint density at radius 3 is 3.00 bits per heavy atom. The molecule has 0 aliphatic carbocycles. The summed E-state index contributed by atoms with van der Waals surface area (Å²) in [5.74, 6) is -1.11. The first-order valence-electron chi connectivity index (χ1n) is 3.89. The molecular weight excluding hydrogens is 178 g/mol. The van der Waals surface area contributed by atoms with Gasteiger partial charge in [0.25, 0.3) is 0 Å². The lowest BCUT2D eigenvalue weighted by atomic mass is 10.4. The fraction of sp³-hybridized carbons (Fsp3) is 0.833. The number of hydrogen-bond donors (Lipinski definition) is 2. The van der Waals surface area contributed by atoms with Gasteiger partial charge in [-0.05, 0) is 18.1 Å². The van der Waals surface area contributed by atoms with Crippen molar-refractivity contribution < 1.29 is 19.8 Å². The van der Waals surface area contributed by atoms with Crippen LogP contribution in [0.1, 0.15) is 12.8 Å². The molecule has 1 fully saturated rings. The zero-order valence-corrected chi connectivity index (χ0v) is 6.96. The predicted octanol–water partition coefficient (Wildman–Crippen LogP) is -0.216. The fourth-order valence-corrected chi connectivity index (χ4v) is 0.995. The number of carbonyl (C=O) groups is 1. The molecule has 0 radical (unpaired) electrons. The van der Waals surface area contributed by atoms with Crippen molar-refractivity contribution in [2.24, 2.45) is 10.5 Å². The van der Waals surface area contributed by atoms with Gasteiger partial charge in [-0.15, -0.1) is 0 Å². The number of carboxylic acids is 1.